The first-order chi connectivity index (χ1) is 14.9. The van der Waals surface area contributed by atoms with E-state index in [4.69, 9.17) is 11.1 Å². The first-order valence-corrected chi connectivity index (χ1v) is 10.3. The molecule has 0 atom stereocenters. The van der Waals surface area contributed by atoms with E-state index >= 15 is 0 Å². The average Bonchev–Trinajstić information content (AvgIpc) is 3.19. The molecule has 0 fully saturated rings. The quantitative estimate of drug-likeness (QED) is 0.556. The van der Waals surface area contributed by atoms with E-state index in [0.29, 0.717) is 24.3 Å². The van der Waals surface area contributed by atoms with E-state index in [9.17, 15) is 4.79 Å². The van der Waals surface area contributed by atoms with Gasteiger partial charge in [-0.15, -0.1) is 0 Å². The summed E-state index contributed by atoms with van der Waals surface area (Å²) in [4.78, 5) is 23.1. The molecule has 4 rings (SSSR count). The Bertz CT molecular complexity index is 1190. The molecule has 0 unspecified atom stereocenters. The van der Waals surface area contributed by atoms with E-state index in [1.165, 1.54) is 6.33 Å². The van der Waals surface area contributed by atoms with E-state index in [1.54, 1.807) is 7.05 Å². The molecular formula is C24H26N6O. The number of aryl methyl sites for hydroxylation is 2. The third-order valence-corrected chi connectivity index (χ3v) is 5.77. The number of nitrogens with two attached hydrogens (primary N) is 1. The molecule has 0 saturated heterocycles. The van der Waals surface area contributed by atoms with Crippen LogP contribution in [-0.4, -0.2) is 35.2 Å². The Kier molecular flexibility index (Phi) is 5.42. The molecule has 0 bridgehead atoms. The number of fused-ring (bicyclic) bond motifs is 1. The summed E-state index contributed by atoms with van der Waals surface area (Å²) in [6.07, 6.45) is 2.52. The van der Waals surface area contributed by atoms with Gasteiger partial charge in [0.2, 0.25) is 5.91 Å². The lowest BCUT2D eigenvalue weighted by Crippen LogP contribution is -2.30. The lowest BCUT2D eigenvalue weighted by Gasteiger charge is -2.19. The minimum Gasteiger partial charge on any atom is -0.383 e. The van der Waals surface area contributed by atoms with Gasteiger partial charge in [0, 0.05) is 24.8 Å². The molecule has 1 aliphatic rings. The van der Waals surface area contributed by atoms with Gasteiger partial charge in [0.1, 0.15) is 18.0 Å². The van der Waals surface area contributed by atoms with Crippen LogP contribution >= 0.6 is 0 Å². The number of nitrogen functional groups attached to an aromatic ring is 1. The van der Waals surface area contributed by atoms with Crippen LogP contribution in [0.25, 0.3) is 0 Å². The van der Waals surface area contributed by atoms with Crippen LogP contribution in [0.15, 0.2) is 42.7 Å². The lowest BCUT2D eigenvalue weighted by atomic mass is 9.99. The molecule has 7 nitrogen and oxygen atoms in total. The van der Waals surface area contributed by atoms with Crippen LogP contribution in [0.5, 0.6) is 0 Å². The number of hydrogen-bond donors (Lipinski definition) is 3. The minimum atomic E-state index is 0.0912. The maximum atomic E-state index is 13.1. The summed E-state index contributed by atoms with van der Waals surface area (Å²) in [6.45, 7) is 4.73. The summed E-state index contributed by atoms with van der Waals surface area (Å²) in [6, 6.07) is 12.0. The van der Waals surface area contributed by atoms with E-state index in [-0.39, 0.29) is 17.4 Å². The second kappa shape index (κ2) is 8.18. The smallest absolute Gasteiger partial charge is 0.231 e. The van der Waals surface area contributed by atoms with Crippen molar-refractivity contribution >= 4 is 28.9 Å². The fourth-order valence-corrected chi connectivity index (χ4v) is 4.04. The topological polar surface area (TPSA) is 108 Å². The van der Waals surface area contributed by atoms with Crippen LogP contribution in [0.2, 0.25) is 0 Å². The molecule has 7 heteroatoms. The summed E-state index contributed by atoms with van der Waals surface area (Å²) in [5, 5.41) is 11.6. The van der Waals surface area contributed by atoms with E-state index in [2.05, 4.69) is 33.5 Å². The van der Waals surface area contributed by atoms with Crippen LogP contribution in [0.3, 0.4) is 0 Å². The molecule has 4 N–H and O–H groups in total. The number of nitrogens with one attached hydrogen (secondary N) is 2. The Morgan fingerprint density at radius 3 is 2.77 bits per heavy atom. The first-order valence-electron chi connectivity index (χ1n) is 10.3. The molecule has 1 aromatic heterocycles. The molecule has 3 aromatic rings. The zero-order valence-electron chi connectivity index (χ0n) is 18.0. The predicted octanol–water partition coefficient (Wildman–Crippen LogP) is 3.27. The number of carbonyl (C=O) groups is 1. The second-order valence-corrected chi connectivity index (χ2v) is 7.85. The Labute approximate surface area is 181 Å². The predicted molar refractivity (Wildman–Crippen MR) is 124 cm³/mol. The molecule has 1 amide bonds. The number of anilines is 3. The van der Waals surface area contributed by atoms with Crippen LogP contribution in [0.4, 0.5) is 17.3 Å². The van der Waals surface area contributed by atoms with Crippen molar-refractivity contribution in [3.05, 3.63) is 76.1 Å². The first kappa shape index (κ1) is 20.5. The van der Waals surface area contributed by atoms with Gasteiger partial charge in [0.15, 0.2) is 0 Å². The third kappa shape index (κ3) is 3.86. The zero-order chi connectivity index (χ0) is 22.1. The second-order valence-electron chi connectivity index (χ2n) is 7.85. The Morgan fingerprint density at radius 2 is 2.00 bits per heavy atom. The Balaban J connectivity index is 1.59. The number of rotatable bonds is 5. The van der Waals surface area contributed by atoms with E-state index in [0.717, 1.165) is 39.9 Å². The molecule has 0 radical (unpaired) electrons. The highest BCUT2D eigenvalue weighted by molar-refractivity contribution is 6.16. The van der Waals surface area contributed by atoms with Crippen LogP contribution < -0.4 is 16.0 Å². The highest BCUT2D eigenvalue weighted by Crippen LogP contribution is 2.31. The standard InChI is InChI=1S/C24H26N6O/c1-14-4-5-15(2)18(10-14)12-20(31)30-9-8-16-11-17(6-7-19(16)30)22(25)21-23(26)28-13-29-24(21)27-3/h4-7,10-11,13,25H,8-9,12H2,1-3H3,(H3,26,27,28,29). The van der Waals surface area contributed by atoms with Gasteiger partial charge < -0.3 is 16.0 Å². The van der Waals surface area contributed by atoms with Gasteiger partial charge in [0.25, 0.3) is 0 Å². The molecule has 2 aromatic carbocycles. The summed E-state index contributed by atoms with van der Waals surface area (Å²) < 4.78 is 0. The molecule has 0 saturated carbocycles. The minimum absolute atomic E-state index is 0.0912. The fraction of sp³-hybridized carbons (Fsp3) is 0.250. The number of hydrogen-bond acceptors (Lipinski definition) is 6. The van der Waals surface area contributed by atoms with Gasteiger partial charge in [-0.2, -0.15) is 0 Å². The van der Waals surface area contributed by atoms with Crippen molar-refractivity contribution in [1.82, 2.24) is 9.97 Å². The summed E-state index contributed by atoms with van der Waals surface area (Å²) in [5.74, 6) is 0.868. The average molecular weight is 415 g/mol. The van der Waals surface area contributed by atoms with Crippen LogP contribution in [-0.2, 0) is 17.6 Å². The molecule has 31 heavy (non-hydrogen) atoms. The maximum Gasteiger partial charge on any atom is 0.231 e. The molecule has 1 aliphatic heterocycles. The van der Waals surface area contributed by atoms with Crippen molar-refractivity contribution in [2.24, 2.45) is 0 Å². The monoisotopic (exact) mass is 414 g/mol. The van der Waals surface area contributed by atoms with Gasteiger partial charge in [-0.1, -0.05) is 29.8 Å². The Morgan fingerprint density at radius 1 is 1.19 bits per heavy atom. The normalized spacial score (nSPS) is 12.5. The summed E-state index contributed by atoms with van der Waals surface area (Å²) in [5.41, 5.74) is 12.8. The van der Waals surface area contributed by atoms with Gasteiger partial charge in [-0.25, -0.2) is 9.97 Å². The number of nitrogens with zero attached hydrogens (tertiary/aromatic N) is 3. The third-order valence-electron chi connectivity index (χ3n) is 5.77. The lowest BCUT2D eigenvalue weighted by molar-refractivity contribution is -0.117. The van der Waals surface area contributed by atoms with E-state index in [1.807, 2.05) is 36.9 Å². The summed E-state index contributed by atoms with van der Waals surface area (Å²) >= 11 is 0. The molecule has 2 heterocycles. The molecular weight excluding hydrogens is 388 g/mol. The molecule has 158 valence electrons. The largest absolute Gasteiger partial charge is 0.383 e. The van der Waals surface area contributed by atoms with E-state index < -0.39 is 0 Å². The van der Waals surface area contributed by atoms with Crippen molar-refractivity contribution in [3.8, 4) is 0 Å². The zero-order valence-corrected chi connectivity index (χ0v) is 18.0. The SMILES string of the molecule is CNc1ncnc(N)c1C(=N)c1ccc2c(c1)CCN2C(=O)Cc1cc(C)ccc1C. The van der Waals surface area contributed by atoms with Crippen molar-refractivity contribution in [2.75, 3.05) is 29.5 Å². The molecule has 0 spiro atoms. The fourth-order valence-electron chi connectivity index (χ4n) is 4.04. The number of benzene rings is 2. The van der Waals surface area contributed by atoms with Gasteiger partial charge in [-0.05, 0) is 49.1 Å². The van der Waals surface area contributed by atoms with Crippen LogP contribution in [0.1, 0.15) is 33.4 Å². The highest BCUT2D eigenvalue weighted by Gasteiger charge is 2.26. The number of carbonyl (C=O) groups excluding carboxylic acids is 1. The van der Waals surface area contributed by atoms with Crippen molar-refractivity contribution in [2.45, 2.75) is 26.7 Å². The number of aromatic nitrogens is 2. The van der Waals surface area contributed by atoms with Crippen molar-refractivity contribution < 1.29 is 4.79 Å². The van der Waals surface area contributed by atoms with Crippen molar-refractivity contribution in [1.29, 1.82) is 5.41 Å². The van der Waals surface area contributed by atoms with Crippen LogP contribution in [0, 0.1) is 19.3 Å². The molecule has 0 aliphatic carbocycles. The van der Waals surface area contributed by atoms with Gasteiger partial charge >= 0.3 is 0 Å². The Hall–Kier alpha value is -3.74. The maximum absolute atomic E-state index is 13.1. The van der Waals surface area contributed by atoms with Gasteiger partial charge in [0.05, 0.1) is 17.7 Å². The van der Waals surface area contributed by atoms with Gasteiger partial charge in [-0.3, -0.25) is 10.2 Å². The number of amides is 1. The summed E-state index contributed by atoms with van der Waals surface area (Å²) in [7, 11) is 1.74. The van der Waals surface area contributed by atoms with Crippen molar-refractivity contribution in [3.63, 3.8) is 0 Å². The highest BCUT2D eigenvalue weighted by atomic mass is 16.2.